The second-order valence-electron chi connectivity index (χ2n) is 8.22. The number of halogens is 3. The summed E-state index contributed by atoms with van der Waals surface area (Å²) < 4.78 is 41.9. The van der Waals surface area contributed by atoms with Gasteiger partial charge in [0.2, 0.25) is 11.5 Å². The van der Waals surface area contributed by atoms with Gasteiger partial charge in [-0.1, -0.05) is 31.1 Å². The Bertz CT molecular complexity index is 1130. The molecular formula is C18H15F3N6O2. The van der Waals surface area contributed by atoms with Crippen LogP contribution in [0.2, 0.25) is 0 Å². The quantitative estimate of drug-likeness (QED) is 0.700. The Balaban J connectivity index is 1.87. The van der Waals surface area contributed by atoms with E-state index in [1.54, 1.807) is 0 Å². The van der Waals surface area contributed by atoms with Crippen molar-refractivity contribution in [2.24, 2.45) is 5.41 Å². The van der Waals surface area contributed by atoms with Crippen LogP contribution < -0.4 is 10.6 Å². The van der Waals surface area contributed by atoms with Crippen molar-refractivity contribution >= 4 is 23.3 Å². The number of carbonyl (C=O) groups excluding carboxylic acids is 2. The van der Waals surface area contributed by atoms with E-state index in [0.29, 0.717) is 12.1 Å². The number of rotatable bonds is 0. The molecule has 1 spiro atoms. The molecule has 0 bridgehead atoms. The molecule has 0 fully saturated rings. The highest BCUT2D eigenvalue weighted by Gasteiger charge is 2.61. The van der Waals surface area contributed by atoms with Gasteiger partial charge in [0.25, 0.3) is 5.91 Å². The Hall–Kier alpha value is -3.24. The van der Waals surface area contributed by atoms with Crippen molar-refractivity contribution in [1.82, 2.24) is 20.2 Å². The first kappa shape index (κ1) is 17.8. The zero-order valence-electron chi connectivity index (χ0n) is 15.4. The third-order valence-electron chi connectivity index (χ3n) is 5.61. The maximum absolute atomic E-state index is 13.6. The number of hydrogen-bond donors (Lipinski definition) is 2. The highest BCUT2D eigenvalue weighted by Crippen LogP contribution is 2.54. The fourth-order valence-corrected chi connectivity index (χ4v) is 4.59. The number of benzene rings is 1. The van der Waals surface area contributed by atoms with Crippen LogP contribution in [-0.2, 0) is 21.3 Å². The lowest BCUT2D eigenvalue weighted by Gasteiger charge is -2.41. The molecule has 1 amide bonds. The summed E-state index contributed by atoms with van der Waals surface area (Å²) in [6, 6.07) is 3.50. The van der Waals surface area contributed by atoms with Gasteiger partial charge >= 0.3 is 6.18 Å². The molecule has 0 saturated carbocycles. The van der Waals surface area contributed by atoms with Crippen LogP contribution in [0.4, 0.5) is 24.8 Å². The molecule has 29 heavy (non-hydrogen) atoms. The van der Waals surface area contributed by atoms with Crippen molar-refractivity contribution in [3.05, 3.63) is 40.6 Å². The third kappa shape index (κ3) is 2.18. The first-order chi connectivity index (χ1) is 13.6. The average molecular weight is 404 g/mol. The number of hydrogen-bond acceptors (Lipinski definition) is 6. The standard InChI is InChI=1S/C18H15F3N6O2/c1-16(2)6-10-12(11(28)7-16)17(27-15(22-10)24-25-26-27)8-4-3-5-9(18(19,20)21)13(8)23-14(17)29/h3-5H,6-7H2,1-2H3,(H,23,29)(H,22,24,26). The largest absolute Gasteiger partial charge is 0.418 e. The molecule has 1 aliphatic carbocycles. The number of allylic oxidation sites excluding steroid dienone is 1. The summed E-state index contributed by atoms with van der Waals surface area (Å²) in [7, 11) is 0. The number of carbonyl (C=O) groups is 2. The second kappa shape index (κ2) is 5.22. The van der Waals surface area contributed by atoms with Crippen LogP contribution in [0.1, 0.15) is 37.8 Å². The molecule has 2 aromatic rings. The highest BCUT2D eigenvalue weighted by molar-refractivity contribution is 6.17. The number of nitrogens with zero attached hydrogens (tertiary/aromatic N) is 4. The van der Waals surface area contributed by atoms with Gasteiger partial charge in [0.15, 0.2) is 5.78 Å². The number of para-hydroxylation sites is 1. The summed E-state index contributed by atoms with van der Waals surface area (Å²) in [6.45, 7) is 3.82. The van der Waals surface area contributed by atoms with Gasteiger partial charge in [0.1, 0.15) is 0 Å². The van der Waals surface area contributed by atoms with Gasteiger partial charge in [-0.25, -0.2) is 0 Å². The molecular weight excluding hydrogens is 389 g/mol. The van der Waals surface area contributed by atoms with Gasteiger partial charge in [0.05, 0.1) is 16.8 Å². The lowest BCUT2D eigenvalue weighted by Crippen LogP contribution is -2.52. The molecule has 11 heteroatoms. The Labute approximate surface area is 162 Å². The molecule has 2 aliphatic heterocycles. The predicted octanol–water partition coefficient (Wildman–Crippen LogP) is 2.46. The molecule has 3 aliphatic rings. The molecule has 5 rings (SSSR count). The van der Waals surface area contributed by atoms with Gasteiger partial charge in [-0.05, 0) is 28.3 Å². The Morgan fingerprint density at radius 3 is 2.62 bits per heavy atom. The van der Waals surface area contributed by atoms with Crippen LogP contribution in [0.15, 0.2) is 29.5 Å². The summed E-state index contributed by atoms with van der Waals surface area (Å²) in [5.41, 5.74) is -3.08. The summed E-state index contributed by atoms with van der Waals surface area (Å²) in [4.78, 5) is 26.5. The number of aromatic nitrogens is 4. The summed E-state index contributed by atoms with van der Waals surface area (Å²) in [5, 5.41) is 16.6. The normalized spacial score (nSPS) is 24.7. The number of tetrazole rings is 1. The van der Waals surface area contributed by atoms with E-state index in [4.69, 9.17) is 0 Å². The van der Waals surface area contributed by atoms with Crippen molar-refractivity contribution in [2.45, 2.75) is 38.4 Å². The molecule has 1 aromatic heterocycles. The molecule has 0 saturated heterocycles. The van der Waals surface area contributed by atoms with E-state index in [9.17, 15) is 22.8 Å². The molecule has 0 radical (unpaired) electrons. The molecule has 1 unspecified atom stereocenters. The summed E-state index contributed by atoms with van der Waals surface area (Å²) in [6.07, 6.45) is -4.12. The van der Waals surface area contributed by atoms with Crippen LogP contribution >= 0.6 is 0 Å². The average Bonchev–Trinajstić information content (AvgIpc) is 3.16. The van der Waals surface area contributed by atoms with E-state index in [-0.39, 0.29) is 40.4 Å². The number of fused-ring (bicyclic) bond motifs is 5. The fraction of sp³-hybridized carbons (Fsp3) is 0.389. The number of amides is 1. The maximum Gasteiger partial charge on any atom is 0.418 e. The van der Waals surface area contributed by atoms with E-state index in [1.165, 1.54) is 12.1 Å². The van der Waals surface area contributed by atoms with Gasteiger partial charge in [-0.15, -0.1) is 0 Å². The monoisotopic (exact) mass is 404 g/mol. The second-order valence-corrected chi connectivity index (χ2v) is 8.22. The number of anilines is 2. The van der Waals surface area contributed by atoms with Crippen LogP contribution in [0.3, 0.4) is 0 Å². The van der Waals surface area contributed by atoms with Gasteiger partial charge in [-0.2, -0.15) is 17.9 Å². The third-order valence-corrected chi connectivity index (χ3v) is 5.61. The van der Waals surface area contributed by atoms with E-state index in [0.717, 1.165) is 10.7 Å². The number of alkyl halides is 3. The maximum atomic E-state index is 13.6. The minimum Gasteiger partial charge on any atom is -0.326 e. The molecule has 150 valence electrons. The minimum atomic E-state index is -4.68. The molecule has 1 atom stereocenters. The zero-order valence-corrected chi connectivity index (χ0v) is 15.4. The van der Waals surface area contributed by atoms with Crippen LogP contribution in [0.25, 0.3) is 0 Å². The van der Waals surface area contributed by atoms with Crippen LogP contribution in [-0.4, -0.2) is 31.9 Å². The number of Topliss-reactive ketones (excluding diaryl/α,β-unsaturated/α-hetero) is 1. The Kier molecular flexibility index (Phi) is 3.21. The van der Waals surface area contributed by atoms with E-state index < -0.39 is 23.2 Å². The Morgan fingerprint density at radius 1 is 1.14 bits per heavy atom. The Morgan fingerprint density at radius 2 is 1.90 bits per heavy atom. The number of nitrogens with one attached hydrogen (secondary N) is 2. The predicted molar refractivity (Wildman–Crippen MR) is 93.6 cm³/mol. The van der Waals surface area contributed by atoms with E-state index in [2.05, 4.69) is 26.2 Å². The first-order valence-corrected chi connectivity index (χ1v) is 8.90. The van der Waals surface area contributed by atoms with Crippen molar-refractivity contribution in [3.63, 3.8) is 0 Å². The molecule has 2 N–H and O–H groups in total. The fourth-order valence-electron chi connectivity index (χ4n) is 4.59. The van der Waals surface area contributed by atoms with Crippen molar-refractivity contribution < 1.29 is 22.8 Å². The summed E-state index contributed by atoms with van der Waals surface area (Å²) in [5.74, 6) is -1.03. The van der Waals surface area contributed by atoms with E-state index in [1.807, 2.05) is 13.8 Å². The number of ketones is 1. The van der Waals surface area contributed by atoms with Crippen molar-refractivity contribution in [3.8, 4) is 0 Å². The lowest BCUT2D eigenvalue weighted by atomic mass is 9.68. The molecule has 8 nitrogen and oxygen atoms in total. The van der Waals surface area contributed by atoms with Crippen LogP contribution in [0, 0.1) is 5.41 Å². The molecule has 3 heterocycles. The molecule has 1 aromatic carbocycles. The minimum absolute atomic E-state index is 0.00734. The van der Waals surface area contributed by atoms with E-state index >= 15 is 0 Å². The smallest absolute Gasteiger partial charge is 0.326 e. The van der Waals surface area contributed by atoms with Gasteiger partial charge in [0, 0.05) is 17.7 Å². The lowest BCUT2D eigenvalue weighted by molar-refractivity contribution is -0.137. The van der Waals surface area contributed by atoms with Crippen molar-refractivity contribution in [1.29, 1.82) is 0 Å². The van der Waals surface area contributed by atoms with Gasteiger partial charge < -0.3 is 10.6 Å². The first-order valence-electron chi connectivity index (χ1n) is 8.90. The topological polar surface area (TPSA) is 102 Å². The van der Waals surface area contributed by atoms with Gasteiger partial charge in [-0.3, -0.25) is 9.59 Å². The SMILES string of the molecule is CC1(C)CC(=O)C2=C(C1)Nc1nnnn1C21C(=O)Nc2c(C(F)(F)F)cccc21. The highest BCUT2D eigenvalue weighted by atomic mass is 19.4. The zero-order chi connectivity index (χ0) is 20.8. The summed E-state index contributed by atoms with van der Waals surface area (Å²) >= 11 is 0. The van der Waals surface area contributed by atoms with Crippen molar-refractivity contribution in [2.75, 3.05) is 10.6 Å². The van der Waals surface area contributed by atoms with Crippen LogP contribution in [0.5, 0.6) is 0 Å².